The standard InChI is InChI=1S/C24H37BF3NO4/c1-20(2)14-25(33-21(20,3)4)16-10-15(19-31-22(5,6)23(7,8)32-19)11-17(12-16)29(9)18(30)13-24(26,27)28/h10,12,15,19H,11,13-14H2,1-9H3. The van der Waals surface area contributed by atoms with Crippen LogP contribution >= 0.6 is 0 Å². The van der Waals surface area contributed by atoms with E-state index in [2.05, 4.69) is 19.9 Å². The fourth-order valence-electron chi connectivity index (χ4n) is 4.42. The lowest BCUT2D eigenvalue weighted by molar-refractivity contribution is -0.159. The van der Waals surface area contributed by atoms with Gasteiger partial charge in [0, 0.05) is 18.7 Å². The Balaban J connectivity index is 1.93. The number of halogens is 3. The van der Waals surface area contributed by atoms with Crippen molar-refractivity contribution in [2.45, 2.75) is 104 Å². The highest BCUT2D eigenvalue weighted by atomic mass is 19.4. The van der Waals surface area contributed by atoms with Crippen LogP contribution in [0.25, 0.3) is 0 Å². The lowest BCUT2D eigenvalue weighted by atomic mass is 9.52. The molecule has 0 radical (unpaired) electrons. The molecule has 1 unspecified atom stereocenters. The Morgan fingerprint density at radius 1 is 1.06 bits per heavy atom. The van der Waals surface area contributed by atoms with E-state index in [1.807, 2.05) is 41.5 Å². The summed E-state index contributed by atoms with van der Waals surface area (Å²) in [4.78, 5) is 13.5. The zero-order chi connectivity index (χ0) is 25.2. The zero-order valence-corrected chi connectivity index (χ0v) is 21.2. The molecule has 2 saturated heterocycles. The maximum Gasteiger partial charge on any atom is 0.397 e. The Labute approximate surface area is 195 Å². The minimum Gasteiger partial charge on any atom is -0.426 e. The molecule has 2 aliphatic heterocycles. The number of nitrogens with zero attached hydrogens (tertiary/aromatic N) is 1. The maximum atomic E-state index is 12.9. The van der Waals surface area contributed by atoms with Crippen LogP contribution in [0.3, 0.4) is 0 Å². The molecule has 1 amide bonds. The van der Waals surface area contributed by atoms with Crippen LogP contribution < -0.4 is 0 Å². The van der Waals surface area contributed by atoms with Crippen LogP contribution in [0.2, 0.25) is 6.32 Å². The Bertz CT molecular complexity index is 828. The Kier molecular flexibility index (Phi) is 6.47. The van der Waals surface area contributed by atoms with Crippen LogP contribution in [0.4, 0.5) is 13.2 Å². The summed E-state index contributed by atoms with van der Waals surface area (Å²) >= 11 is 0. The van der Waals surface area contributed by atoms with Crippen molar-refractivity contribution in [3.05, 3.63) is 23.3 Å². The third-order valence-electron chi connectivity index (χ3n) is 8.10. The predicted octanol–water partition coefficient (Wildman–Crippen LogP) is 5.52. The highest BCUT2D eigenvalue weighted by molar-refractivity contribution is 6.62. The molecule has 0 N–H and O–H groups in total. The summed E-state index contributed by atoms with van der Waals surface area (Å²) < 4.78 is 57.5. The van der Waals surface area contributed by atoms with Gasteiger partial charge < -0.3 is 19.0 Å². The number of hydrogen-bond donors (Lipinski definition) is 0. The molecule has 0 bridgehead atoms. The summed E-state index contributed by atoms with van der Waals surface area (Å²) in [5.74, 6) is -1.26. The van der Waals surface area contributed by atoms with Gasteiger partial charge in [0.1, 0.15) is 6.42 Å². The van der Waals surface area contributed by atoms with Crippen molar-refractivity contribution in [1.82, 2.24) is 4.90 Å². The quantitative estimate of drug-likeness (QED) is 0.507. The van der Waals surface area contributed by atoms with Crippen molar-refractivity contribution in [3.63, 3.8) is 0 Å². The van der Waals surface area contributed by atoms with Crippen molar-refractivity contribution >= 4 is 12.8 Å². The molecule has 186 valence electrons. The van der Waals surface area contributed by atoms with Crippen molar-refractivity contribution < 1.29 is 32.1 Å². The van der Waals surface area contributed by atoms with E-state index in [9.17, 15) is 18.0 Å². The second kappa shape index (κ2) is 8.13. The van der Waals surface area contributed by atoms with Gasteiger partial charge in [-0.2, -0.15) is 13.2 Å². The largest absolute Gasteiger partial charge is 0.426 e. The third kappa shape index (κ3) is 5.20. The van der Waals surface area contributed by atoms with Gasteiger partial charge in [0.15, 0.2) is 6.29 Å². The van der Waals surface area contributed by atoms with Gasteiger partial charge in [-0.1, -0.05) is 25.4 Å². The van der Waals surface area contributed by atoms with Gasteiger partial charge in [-0.25, -0.2) is 0 Å². The highest BCUT2D eigenvalue weighted by Crippen LogP contribution is 2.49. The topological polar surface area (TPSA) is 48.0 Å². The van der Waals surface area contributed by atoms with Gasteiger partial charge in [-0.3, -0.25) is 4.79 Å². The normalized spacial score (nSPS) is 28.5. The number of hydrogen-bond acceptors (Lipinski definition) is 4. The van der Waals surface area contributed by atoms with Crippen LogP contribution in [-0.2, 0) is 18.9 Å². The van der Waals surface area contributed by atoms with Crippen molar-refractivity contribution in [2.24, 2.45) is 11.3 Å². The molecule has 0 spiro atoms. The highest BCUT2D eigenvalue weighted by Gasteiger charge is 2.53. The molecule has 2 fully saturated rings. The number of alkyl halides is 3. The summed E-state index contributed by atoms with van der Waals surface area (Å²) in [7, 11) is 1.40. The van der Waals surface area contributed by atoms with Gasteiger partial charge in [0.25, 0.3) is 0 Å². The Hall–Kier alpha value is -1.32. The Morgan fingerprint density at radius 3 is 2.06 bits per heavy atom. The maximum absolute atomic E-state index is 12.9. The molecule has 9 heteroatoms. The summed E-state index contributed by atoms with van der Waals surface area (Å²) in [6, 6.07) is 0. The van der Waals surface area contributed by atoms with Crippen LogP contribution in [0.1, 0.15) is 68.2 Å². The molecule has 0 saturated carbocycles. The average molecular weight is 471 g/mol. The van der Waals surface area contributed by atoms with E-state index in [-0.39, 0.29) is 23.8 Å². The summed E-state index contributed by atoms with van der Waals surface area (Å²) in [5, 5.41) is 0. The smallest absolute Gasteiger partial charge is 0.397 e. The van der Waals surface area contributed by atoms with Crippen LogP contribution in [0.15, 0.2) is 23.3 Å². The number of allylic oxidation sites excluding steroid dienone is 3. The summed E-state index contributed by atoms with van der Waals surface area (Å²) in [5.41, 5.74) is -0.199. The molecule has 33 heavy (non-hydrogen) atoms. The zero-order valence-electron chi connectivity index (χ0n) is 21.2. The monoisotopic (exact) mass is 471 g/mol. The molecule has 0 aromatic carbocycles. The second-order valence-electron chi connectivity index (χ2n) is 11.7. The molecular formula is C24H37BF3NO4. The predicted molar refractivity (Wildman–Crippen MR) is 121 cm³/mol. The molecule has 5 nitrogen and oxygen atoms in total. The minimum atomic E-state index is -4.56. The van der Waals surface area contributed by atoms with E-state index in [0.29, 0.717) is 12.1 Å². The van der Waals surface area contributed by atoms with Crippen molar-refractivity contribution in [3.8, 4) is 0 Å². The first-order chi connectivity index (χ1) is 14.7. The second-order valence-corrected chi connectivity index (χ2v) is 11.7. The SMILES string of the molecule is CN(C(=O)CC(F)(F)F)C1=CC(B2CC(C)(C)C(C)(C)O2)=CC(C2OC(C)(C)C(C)(C)O2)C1. The van der Waals surface area contributed by atoms with E-state index in [1.165, 1.54) is 7.05 Å². The number of rotatable bonds is 4. The van der Waals surface area contributed by atoms with Crippen LogP contribution in [0.5, 0.6) is 0 Å². The van der Waals surface area contributed by atoms with Crippen LogP contribution in [-0.4, -0.2) is 54.0 Å². The van der Waals surface area contributed by atoms with Crippen molar-refractivity contribution in [1.29, 1.82) is 0 Å². The van der Waals surface area contributed by atoms with E-state index in [0.717, 1.165) is 16.7 Å². The van der Waals surface area contributed by atoms with Gasteiger partial charge in [0.05, 0.1) is 16.8 Å². The molecule has 2 heterocycles. The van der Waals surface area contributed by atoms with Crippen molar-refractivity contribution in [2.75, 3.05) is 7.05 Å². The van der Waals surface area contributed by atoms with E-state index in [1.54, 1.807) is 6.08 Å². The molecule has 0 aromatic rings. The molecular weight excluding hydrogens is 434 g/mol. The van der Waals surface area contributed by atoms with Gasteiger partial charge in [0.2, 0.25) is 5.91 Å². The minimum absolute atomic E-state index is 0.0954. The van der Waals surface area contributed by atoms with Gasteiger partial charge in [-0.15, -0.1) is 0 Å². The number of carbonyl (C=O) groups excluding carboxylic acids is 1. The molecule has 0 aromatic heterocycles. The number of carbonyl (C=O) groups is 1. The summed E-state index contributed by atoms with van der Waals surface area (Å²) in [6.45, 7) is 16.0. The van der Waals surface area contributed by atoms with Gasteiger partial charge >= 0.3 is 13.1 Å². The van der Waals surface area contributed by atoms with Gasteiger partial charge in [-0.05, 0) is 65.8 Å². The molecule has 1 aliphatic carbocycles. The first kappa shape index (κ1) is 26.3. The average Bonchev–Trinajstić information content (AvgIpc) is 2.99. The van der Waals surface area contributed by atoms with E-state index in [4.69, 9.17) is 14.1 Å². The van der Waals surface area contributed by atoms with E-state index >= 15 is 0 Å². The van der Waals surface area contributed by atoms with Crippen LogP contribution in [0, 0.1) is 11.3 Å². The number of ether oxygens (including phenoxy) is 2. The van der Waals surface area contributed by atoms with E-state index < -0.39 is 36.0 Å². The number of amides is 1. The molecule has 3 rings (SSSR count). The lowest BCUT2D eigenvalue weighted by Gasteiger charge is -2.34. The fraction of sp³-hybridized carbons (Fsp3) is 0.792. The molecule has 1 atom stereocenters. The fourth-order valence-corrected chi connectivity index (χ4v) is 4.42. The first-order valence-electron chi connectivity index (χ1n) is 11.5. The lowest BCUT2D eigenvalue weighted by Crippen LogP contribution is -2.41. The third-order valence-corrected chi connectivity index (χ3v) is 8.10. The summed E-state index contributed by atoms with van der Waals surface area (Å²) in [6.07, 6.45) is -1.70. The molecule has 3 aliphatic rings. The first-order valence-corrected chi connectivity index (χ1v) is 11.5. The Morgan fingerprint density at radius 2 is 1.61 bits per heavy atom.